The average Bonchev–Trinajstić information content (AvgIpc) is 3.15. The lowest BCUT2D eigenvalue weighted by Gasteiger charge is -2.35. The van der Waals surface area contributed by atoms with Gasteiger partial charge in [0.1, 0.15) is 5.75 Å². The Labute approximate surface area is 165 Å². The minimum atomic E-state index is -3.70. The molecule has 0 N–H and O–H groups in total. The third-order valence-electron chi connectivity index (χ3n) is 5.41. The van der Waals surface area contributed by atoms with E-state index < -0.39 is 21.5 Å². The summed E-state index contributed by atoms with van der Waals surface area (Å²) < 4.78 is 24.8. The van der Waals surface area contributed by atoms with Crippen LogP contribution in [0.3, 0.4) is 0 Å². The summed E-state index contributed by atoms with van der Waals surface area (Å²) in [5, 5.41) is 0.443. The first-order valence-electron chi connectivity index (χ1n) is 9.39. The second-order valence-electron chi connectivity index (χ2n) is 7.33. The molecule has 1 aromatic rings. The summed E-state index contributed by atoms with van der Waals surface area (Å²) in [6, 6.07) is 5.80. The van der Waals surface area contributed by atoms with E-state index in [0.717, 1.165) is 12.8 Å². The highest BCUT2D eigenvalue weighted by molar-refractivity contribution is 7.92. The van der Waals surface area contributed by atoms with Gasteiger partial charge in [-0.1, -0.05) is 24.4 Å². The Kier molecular flexibility index (Phi) is 6.42. The molecule has 0 radical (unpaired) electrons. The van der Waals surface area contributed by atoms with Crippen molar-refractivity contribution >= 4 is 33.3 Å². The van der Waals surface area contributed by atoms with Crippen LogP contribution in [0.1, 0.15) is 32.1 Å². The molecule has 148 valence electrons. The topological polar surface area (TPSA) is 74.8 Å². The number of sulfone groups is 1. The number of hydrogen-bond donors (Lipinski definition) is 0. The standard InChI is InChI=1S/C19H25ClN2O4S/c20-16-5-7-17(8-6-16)27(25,26)14-19(24)22-11-9-21(10-12-22)18(23)13-15-3-1-2-4-15/h5-8,15H,1-4,9-14H2. The third-order valence-corrected chi connectivity index (χ3v) is 7.28. The van der Waals surface area contributed by atoms with Crippen molar-refractivity contribution in [3.05, 3.63) is 29.3 Å². The van der Waals surface area contributed by atoms with Gasteiger partial charge in [-0.05, 0) is 43.0 Å². The lowest BCUT2D eigenvalue weighted by Crippen LogP contribution is -2.51. The predicted molar refractivity (Wildman–Crippen MR) is 103 cm³/mol. The van der Waals surface area contributed by atoms with Gasteiger partial charge in [0.15, 0.2) is 9.84 Å². The molecule has 2 amide bonds. The SMILES string of the molecule is O=C(CC1CCCC1)N1CCN(C(=O)CS(=O)(=O)c2ccc(Cl)cc2)CC1. The number of benzene rings is 1. The quantitative estimate of drug-likeness (QED) is 0.744. The van der Waals surface area contributed by atoms with Crippen LogP contribution in [-0.4, -0.2) is 62.0 Å². The second-order valence-corrected chi connectivity index (χ2v) is 9.76. The van der Waals surface area contributed by atoms with Crippen LogP contribution in [0.2, 0.25) is 5.02 Å². The maximum absolute atomic E-state index is 12.4. The zero-order chi connectivity index (χ0) is 19.4. The number of halogens is 1. The molecule has 8 heteroatoms. The Hall–Kier alpha value is -1.60. The van der Waals surface area contributed by atoms with Crippen LogP contribution in [-0.2, 0) is 19.4 Å². The van der Waals surface area contributed by atoms with Crippen molar-refractivity contribution in [1.29, 1.82) is 0 Å². The molecule has 1 aromatic carbocycles. The maximum atomic E-state index is 12.4. The van der Waals surface area contributed by atoms with Gasteiger partial charge < -0.3 is 9.80 Å². The number of carbonyl (C=O) groups excluding carboxylic acids is 2. The van der Waals surface area contributed by atoms with Crippen molar-refractivity contribution < 1.29 is 18.0 Å². The van der Waals surface area contributed by atoms with Crippen molar-refractivity contribution in [3.63, 3.8) is 0 Å². The van der Waals surface area contributed by atoms with Crippen LogP contribution >= 0.6 is 11.6 Å². The minimum Gasteiger partial charge on any atom is -0.339 e. The lowest BCUT2D eigenvalue weighted by atomic mass is 10.0. The Balaban J connectivity index is 1.50. The minimum absolute atomic E-state index is 0.0885. The first kappa shape index (κ1) is 20.1. The molecule has 6 nitrogen and oxygen atoms in total. The zero-order valence-electron chi connectivity index (χ0n) is 15.3. The molecule has 27 heavy (non-hydrogen) atoms. The summed E-state index contributed by atoms with van der Waals surface area (Å²) in [6.07, 6.45) is 5.28. The second kappa shape index (κ2) is 8.61. The molecule has 2 aliphatic rings. The average molecular weight is 413 g/mol. The van der Waals surface area contributed by atoms with E-state index in [1.807, 2.05) is 0 Å². The van der Waals surface area contributed by atoms with Gasteiger partial charge in [-0.25, -0.2) is 8.42 Å². The van der Waals surface area contributed by atoms with Gasteiger partial charge in [0.25, 0.3) is 0 Å². The number of hydrogen-bond acceptors (Lipinski definition) is 4. The fourth-order valence-electron chi connectivity index (χ4n) is 3.77. The lowest BCUT2D eigenvalue weighted by molar-refractivity contribution is -0.138. The van der Waals surface area contributed by atoms with Gasteiger partial charge >= 0.3 is 0 Å². The number of amides is 2. The molecule has 3 rings (SSSR count). The summed E-state index contributed by atoms with van der Waals surface area (Å²) in [6.45, 7) is 1.70. The molecule has 0 atom stereocenters. The highest BCUT2D eigenvalue weighted by Crippen LogP contribution is 2.28. The highest BCUT2D eigenvalue weighted by atomic mass is 35.5. The smallest absolute Gasteiger partial charge is 0.238 e. The molecule has 1 aliphatic carbocycles. The van der Waals surface area contributed by atoms with Crippen molar-refractivity contribution in [2.75, 3.05) is 31.9 Å². The molecule has 1 saturated heterocycles. The number of nitrogens with zero attached hydrogens (tertiary/aromatic N) is 2. The van der Waals surface area contributed by atoms with E-state index in [9.17, 15) is 18.0 Å². The Morgan fingerprint density at radius 2 is 1.44 bits per heavy atom. The molecular weight excluding hydrogens is 388 g/mol. The van der Waals surface area contributed by atoms with E-state index in [0.29, 0.717) is 43.5 Å². The van der Waals surface area contributed by atoms with Crippen LogP contribution in [0, 0.1) is 5.92 Å². The molecule has 1 saturated carbocycles. The van der Waals surface area contributed by atoms with Crippen LogP contribution in [0.15, 0.2) is 29.2 Å². The van der Waals surface area contributed by atoms with Crippen molar-refractivity contribution in [2.45, 2.75) is 37.0 Å². The predicted octanol–water partition coefficient (Wildman–Crippen LogP) is 2.36. The normalized spacial score (nSPS) is 18.7. The summed E-state index contributed by atoms with van der Waals surface area (Å²) in [7, 11) is -3.70. The van der Waals surface area contributed by atoms with Crippen molar-refractivity contribution in [1.82, 2.24) is 9.80 Å². The molecule has 0 spiro atoms. The largest absolute Gasteiger partial charge is 0.339 e. The van der Waals surface area contributed by atoms with E-state index in [2.05, 4.69) is 0 Å². The molecular formula is C19H25ClN2O4S. The molecule has 2 fully saturated rings. The molecule has 1 aliphatic heterocycles. The summed E-state index contributed by atoms with van der Waals surface area (Å²) in [5.41, 5.74) is 0. The molecule has 0 aromatic heterocycles. The fourth-order valence-corrected chi connectivity index (χ4v) is 5.13. The van der Waals surface area contributed by atoms with Crippen molar-refractivity contribution in [2.24, 2.45) is 5.92 Å². The zero-order valence-corrected chi connectivity index (χ0v) is 16.8. The van der Waals surface area contributed by atoms with E-state index in [1.54, 1.807) is 4.90 Å². The van der Waals surface area contributed by atoms with Gasteiger partial charge in [-0.2, -0.15) is 0 Å². The van der Waals surface area contributed by atoms with Gasteiger partial charge in [0.05, 0.1) is 4.90 Å². The van der Waals surface area contributed by atoms with Gasteiger partial charge in [0.2, 0.25) is 11.8 Å². The summed E-state index contributed by atoms with van der Waals surface area (Å²) in [5.74, 6) is -0.331. The van der Waals surface area contributed by atoms with Crippen LogP contribution < -0.4 is 0 Å². The van der Waals surface area contributed by atoms with E-state index in [1.165, 1.54) is 42.0 Å². The third kappa shape index (κ3) is 5.23. The highest BCUT2D eigenvalue weighted by Gasteiger charge is 2.29. The van der Waals surface area contributed by atoms with Gasteiger partial charge in [-0.3, -0.25) is 9.59 Å². The fraction of sp³-hybridized carbons (Fsp3) is 0.579. The van der Waals surface area contributed by atoms with E-state index in [4.69, 9.17) is 11.6 Å². The molecule has 0 bridgehead atoms. The van der Waals surface area contributed by atoms with Gasteiger partial charge in [0, 0.05) is 37.6 Å². The van der Waals surface area contributed by atoms with E-state index >= 15 is 0 Å². The first-order chi connectivity index (χ1) is 12.8. The van der Waals surface area contributed by atoms with Crippen LogP contribution in [0.4, 0.5) is 0 Å². The Morgan fingerprint density at radius 3 is 2.00 bits per heavy atom. The van der Waals surface area contributed by atoms with Gasteiger partial charge in [-0.15, -0.1) is 0 Å². The monoisotopic (exact) mass is 412 g/mol. The first-order valence-corrected chi connectivity index (χ1v) is 11.4. The number of carbonyl (C=O) groups is 2. The Bertz CT molecular complexity index is 780. The number of piperazine rings is 1. The maximum Gasteiger partial charge on any atom is 0.238 e. The van der Waals surface area contributed by atoms with Crippen LogP contribution in [0.25, 0.3) is 0 Å². The molecule has 1 heterocycles. The summed E-state index contributed by atoms with van der Waals surface area (Å²) >= 11 is 5.78. The molecule has 0 unspecified atom stereocenters. The number of rotatable bonds is 5. The summed E-state index contributed by atoms with van der Waals surface area (Å²) in [4.78, 5) is 28.2. The van der Waals surface area contributed by atoms with Crippen LogP contribution in [0.5, 0.6) is 0 Å². The van der Waals surface area contributed by atoms with E-state index in [-0.39, 0.29) is 10.8 Å². The van der Waals surface area contributed by atoms with Crippen molar-refractivity contribution in [3.8, 4) is 0 Å². The Morgan fingerprint density at radius 1 is 0.926 bits per heavy atom.